The molecular formula is C18H22IN3O. The Balaban J connectivity index is 1.96. The molecule has 2 aromatic rings. The highest BCUT2D eigenvalue weighted by molar-refractivity contribution is 14.1. The monoisotopic (exact) mass is 423 g/mol. The maximum atomic E-state index is 12.8. The van der Waals surface area contributed by atoms with Crippen molar-refractivity contribution in [3.05, 3.63) is 44.3 Å². The van der Waals surface area contributed by atoms with E-state index < -0.39 is 0 Å². The Morgan fingerprint density at radius 3 is 2.87 bits per heavy atom. The predicted octanol–water partition coefficient (Wildman–Crippen LogP) is 4.06. The van der Waals surface area contributed by atoms with Gasteiger partial charge in [0.25, 0.3) is 5.91 Å². The molecule has 0 saturated heterocycles. The summed E-state index contributed by atoms with van der Waals surface area (Å²) in [5.74, 6) is -0.0579. The maximum Gasteiger partial charge on any atom is 0.260 e. The van der Waals surface area contributed by atoms with E-state index in [0.29, 0.717) is 5.56 Å². The van der Waals surface area contributed by atoms with Crippen LogP contribution in [0.4, 0.5) is 5.69 Å². The average Bonchev–Trinajstić information content (AvgIpc) is 2.97. The Morgan fingerprint density at radius 2 is 2.17 bits per heavy atom. The van der Waals surface area contributed by atoms with Crippen molar-refractivity contribution in [1.82, 2.24) is 9.78 Å². The van der Waals surface area contributed by atoms with Crippen molar-refractivity contribution < 1.29 is 4.79 Å². The van der Waals surface area contributed by atoms with Crippen LogP contribution in [0.5, 0.6) is 0 Å². The fraction of sp³-hybridized carbons (Fsp3) is 0.444. The van der Waals surface area contributed by atoms with Gasteiger partial charge in [-0.25, -0.2) is 0 Å². The molecule has 0 bridgehead atoms. The van der Waals surface area contributed by atoms with E-state index in [1.54, 1.807) is 4.68 Å². The molecule has 122 valence electrons. The van der Waals surface area contributed by atoms with Crippen LogP contribution in [-0.2, 0) is 25.3 Å². The lowest BCUT2D eigenvalue weighted by Gasteiger charge is -2.19. The third-order valence-electron chi connectivity index (χ3n) is 4.77. The number of nitrogens with one attached hydrogen (secondary N) is 1. The summed E-state index contributed by atoms with van der Waals surface area (Å²) in [7, 11) is 1.88. The number of carbonyl (C=O) groups is 1. The second-order valence-corrected chi connectivity index (χ2v) is 7.78. The van der Waals surface area contributed by atoms with Gasteiger partial charge < -0.3 is 5.32 Å². The van der Waals surface area contributed by atoms with Crippen LogP contribution in [-0.4, -0.2) is 15.7 Å². The van der Waals surface area contributed by atoms with Gasteiger partial charge in [0.05, 0.1) is 11.3 Å². The number of anilines is 1. The molecule has 1 heterocycles. The fourth-order valence-corrected chi connectivity index (χ4v) is 4.06. The molecule has 0 fully saturated rings. The van der Waals surface area contributed by atoms with Gasteiger partial charge in [-0.1, -0.05) is 32.9 Å². The molecule has 1 aromatic heterocycles. The normalized spacial score (nSPS) is 15.5. The highest BCUT2D eigenvalue weighted by Gasteiger charge is 2.31. The van der Waals surface area contributed by atoms with E-state index in [-0.39, 0.29) is 11.3 Å². The molecule has 23 heavy (non-hydrogen) atoms. The molecule has 5 heteroatoms. The van der Waals surface area contributed by atoms with Gasteiger partial charge in [-0.2, -0.15) is 5.10 Å². The largest absolute Gasteiger partial charge is 0.322 e. The van der Waals surface area contributed by atoms with Crippen molar-refractivity contribution in [1.29, 1.82) is 0 Å². The van der Waals surface area contributed by atoms with Crippen LogP contribution >= 0.6 is 22.6 Å². The first-order valence-corrected chi connectivity index (χ1v) is 9.08. The molecule has 4 nitrogen and oxygen atoms in total. The highest BCUT2D eigenvalue weighted by Crippen LogP contribution is 2.41. The number of fused-ring (bicyclic) bond motifs is 1. The van der Waals surface area contributed by atoms with Crippen molar-refractivity contribution in [2.24, 2.45) is 7.05 Å². The quantitative estimate of drug-likeness (QED) is 0.757. The Labute approximate surface area is 150 Å². The number of amides is 1. The third kappa shape index (κ3) is 2.79. The van der Waals surface area contributed by atoms with Gasteiger partial charge >= 0.3 is 0 Å². The van der Waals surface area contributed by atoms with E-state index in [4.69, 9.17) is 0 Å². The molecule has 0 radical (unpaired) electrons. The van der Waals surface area contributed by atoms with Gasteiger partial charge in [-0.05, 0) is 64.5 Å². The zero-order valence-corrected chi connectivity index (χ0v) is 16.2. The second-order valence-electron chi connectivity index (χ2n) is 6.76. The second kappa shape index (κ2) is 5.92. The molecule has 1 aliphatic carbocycles. The van der Waals surface area contributed by atoms with E-state index in [2.05, 4.69) is 52.9 Å². The SMILES string of the molecule is CCc1nn(C)c(I)c1C(=O)Nc1cccc2c1CCC2(C)C. The molecule has 1 aromatic carbocycles. The predicted molar refractivity (Wildman–Crippen MR) is 101 cm³/mol. The summed E-state index contributed by atoms with van der Waals surface area (Å²) in [6.45, 7) is 6.56. The average molecular weight is 423 g/mol. The first-order chi connectivity index (χ1) is 10.8. The van der Waals surface area contributed by atoms with E-state index in [1.807, 2.05) is 26.1 Å². The lowest BCUT2D eigenvalue weighted by Crippen LogP contribution is -2.16. The minimum Gasteiger partial charge on any atom is -0.322 e. The number of hydrogen-bond donors (Lipinski definition) is 1. The number of aryl methyl sites for hydroxylation is 2. The number of rotatable bonds is 3. The Hall–Kier alpha value is -1.37. The van der Waals surface area contributed by atoms with Crippen LogP contribution in [0.15, 0.2) is 18.2 Å². The summed E-state index contributed by atoms with van der Waals surface area (Å²) >= 11 is 2.19. The minimum absolute atomic E-state index is 0.0579. The number of hydrogen-bond acceptors (Lipinski definition) is 2. The van der Waals surface area contributed by atoms with Crippen LogP contribution in [0.1, 0.15) is 54.4 Å². The Morgan fingerprint density at radius 1 is 1.43 bits per heavy atom. The smallest absolute Gasteiger partial charge is 0.260 e. The van der Waals surface area contributed by atoms with Gasteiger partial charge in [0.15, 0.2) is 0 Å². The van der Waals surface area contributed by atoms with Crippen LogP contribution in [0, 0.1) is 3.70 Å². The van der Waals surface area contributed by atoms with Gasteiger partial charge in [-0.15, -0.1) is 0 Å². The molecule has 3 rings (SSSR count). The molecule has 0 spiro atoms. The summed E-state index contributed by atoms with van der Waals surface area (Å²) in [5.41, 5.74) is 5.31. The Bertz CT molecular complexity index is 777. The van der Waals surface area contributed by atoms with E-state index in [1.165, 1.54) is 11.1 Å². The molecule has 0 unspecified atom stereocenters. The minimum atomic E-state index is -0.0579. The van der Waals surface area contributed by atoms with E-state index >= 15 is 0 Å². The maximum absolute atomic E-state index is 12.8. The first-order valence-electron chi connectivity index (χ1n) is 8.00. The van der Waals surface area contributed by atoms with Crippen molar-refractivity contribution in [3.8, 4) is 0 Å². The molecule has 1 amide bonds. The van der Waals surface area contributed by atoms with Crippen molar-refractivity contribution in [2.45, 2.75) is 45.4 Å². The van der Waals surface area contributed by atoms with Crippen molar-refractivity contribution in [3.63, 3.8) is 0 Å². The van der Waals surface area contributed by atoms with Crippen LogP contribution < -0.4 is 5.32 Å². The van der Waals surface area contributed by atoms with E-state index in [9.17, 15) is 4.79 Å². The summed E-state index contributed by atoms with van der Waals surface area (Å²) in [6.07, 6.45) is 2.89. The topological polar surface area (TPSA) is 46.9 Å². The lowest BCUT2D eigenvalue weighted by molar-refractivity contribution is 0.102. The molecular weight excluding hydrogens is 401 g/mol. The zero-order valence-electron chi connectivity index (χ0n) is 14.0. The third-order valence-corrected chi connectivity index (χ3v) is 6.00. The molecule has 0 atom stereocenters. The molecule has 1 N–H and O–H groups in total. The summed E-state index contributed by atoms with van der Waals surface area (Å²) in [4.78, 5) is 12.8. The van der Waals surface area contributed by atoms with Gasteiger partial charge in [0.1, 0.15) is 3.70 Å². The number of benzene rings is 1. The lowest BCUT2D eigenvalue weighted by atomic mass is 9.86. The van der Waals surface area contributed by atoms with E-state index in [0.717, 1.165) is 34.3 Å². The van der Waals surface area contributed by atoms with Crippen LogP contribution in [0.25, 0.3) is 0 Å². The number of nitrogens with zero attached hydrogens (tertiary/aromatic N) is 2. The fourth-order valence-electron chi connectivity index (χ4n) is 3.39. The number of halogens is 1. The molecule has 1 aliphatic rings. The van der Waals surface area contributed by atoms with Crippen molar-refractivity contribution >= 4 is 34.2 Å². The standard InChI is InChI=1S/C18H22IN3O/c1-5-13-15(16(19)22(4)21-13)17(23)20-14-8-6-7-12-11(14)9-10-18(12,2)3/h6-8H,5,9-10H2,1-4H3,(H,20,23). The van der Waals surface area contributed by atoms with Gasteiger partial charge in [-0.3, -0.25) is 9.48 Å². The summed E-state index contributed by atoms with van der Waals surface area (Å²) < 4.78 is 2.65. The van der Waals surface area contributed by atoms with Crippen LogP contribution in [0.3, 0.4) is 0 Å². The first kappa shape index (κ1) is 16.5. The van der Waals surface area contributed by atoms with Crippen molar-refractivity contribution in [2.75, 3.05) is 5.32 Å². The number of aromatic nitrogens is 2. The number of carbonyl (C=O) groups excluding carboxylic acids is 1. The highest BCUT2D eigenvalue weighted by atomic mass is 127. The molecule has 0 saturated carbocycles. The summed E-state index contributed by atoms with van der Waals surface area (Å²) in [6, 6.07) is 6.23. The van der Waals surface area contributed by atoms with Crippen LogP contribution in [0.2, 0.25) is 0 Å². The zero-order chi connectivity index (χ0) is 16.8. The summed E-state index contributed by atoms with van der Waals surface area (Å²) in [5, 5.41) is 7.56. The van der Waals surface area contributed by atoms with Gasteiger partial charge in [0.2, 0.25) is 0 Å². The molecule has 0 aliphatic heterocycles. The Kier molecular flexibility index (Phi) is 4.25. The van der Waals surface area contributed by atoms with Gasteiger partial charge in [0, 0.05) is 12.7 Å².